The first-order valence-electron chi connectivity index (χ1n) is 8.17. The van der Waals surface area contributed by atoms with E-state index in [-0.39, 0.29) is 29.5 Å². The lowest BCUT2D eigenvalue weighted by Gasteiger charge is -2.40. The van der Waals surface area contributed by atoms with Gasteiger partial charge in [-0.2, -0.15) is 0 Å². The number of hydrogen-bond acceptors (Lipinski definition) is 3. The highest BCUT2D eigenvalue weighted by atomic mass is 16.5. The van der Waals surface area contributed by atoms with Gasteiger partial charge in [0.05, 0.1) is 18.6 Å². The largest absolute Gasteiger partial charge is 0.481 e. The van der Waals surface area contributed by atoms with Gasteiger partial charge in [0.1, 0.15) is 0 Å². The van der Waals surface area contributed by atoms with E-state index in [0.29, 0.717) is 32.5 Å². The fraction of sp³-hybridized carbons (Fsp3) is 0.875. The zero-order valence-electron chi connectivity index (χ0n) is 13.8. The number of carboxylic acid groups (broad SMARTS) is 1. The highest BCUT2D eigenvalue weighted by Gasteiger charge is 2.33. The predicted molar refractivity (Wildman–Crippen MR) is 82.7 cm³/mol. The van der Waals surface area contributed by atoms with Crippen LogP contribution in [0.5, 0.6) is 0 Å². The van der Waals surface area contributed by atoms with Crippen molar-refractivity contribution in [3.63, 3.8) is 0 Å². The van der Waals surface area contributed by atoms with E-state index in [1.807, 2.05) is 4.90 Å². The maximum Gasteiger partial charge on any atom is 0.317 e. The van der Waals surface area contributed by atoms with Crippen LogP contribution in [0, 0.1) is 11.3 Å². The van der Waals surface area contributed by atoms with E-state index < -0.39 is 5.97 Å². The van der Waals surface area contributed by atoms with E-state index in [0.717, 1.165) is 12.8 Å². The van der Waals surface area contributed by atoms with Crippen LogP contribution in [0.15, 0.2) is 0 Å². The van der Waals surface area contributed by atoms with E-state index in [2.05, 4.69) is 26.1 Å². The second kappa shape index (κ2) is 6.86. The first-order valence-corrected chi connectivity index (χ1v) is 8.17. The molecule has 6 heteroatoms. The van der Waals surface area contributed by atoms with Gasteiger partial charge in [-0.05, 0) is 31.1 Å². The van der Waals surface area contributed by atoms with Gasteiger partial charge in [0.2, 0.25) is 0 Å². The van der Waals surface area contributed by atoms with Gasteiger partial charge >= 0.3 is 12.0 Å². The van der Waals surface area contributed by atoms with Crippen LogP contribution in [0.2, 0.25) is 0 Å². The lowest BCUT2D eigenvalue weighted by Crippen LogP contribution is -2.54. The molecule has 0 aromatic heterocycles. The first kappa shape index (κ1) is 17.1. The van der Waals surface area contributed by atoms with Crippen molar-refractivity contribution in [2.75, 3.05) is 19.7 Å². The lowest BCUT2D eigenvalue weighted by molar-refractivity contribution is -0.142. The molecule has 126 valence electrons. The summed E-state index contributed by atoms with van der Waals surface area (Å²) in [5, 5.41) is 12.1. The summed E-state index contributed by atoms with van der Waals surface area (Å²) in [4.78, 5) is 25.2. The Morgan fingerprint density at radius 2 is 1.82 bits per heavy atom. The number of carboxylic acids is 1. The van der Waals surface area contributed by atoms with Crippen molar-refractivity contribution in [2.45, 2.75) is 58.6 Å². The molecule has 0 spiro atoms. The Balaban J connectivity index is 1.81. The molecule has 1 saturated carbocycles. The molecule has 0 bridgehead atoms. The minimum Gasteiger partial charge on any atom is -0.481 e. The van der Waals surface area contributed by atoms with Gasteiger partial charge in [-0.25, -0.2) is 4.79 Å². The molecule has 22 heavy (non-hydrogen) atoms. The second-order valence-electron chi connectivity index (χ2n) is 7.51. The molecule has 1 heterocycles. The molecule has 2 amide bonds. The van der Waals surface area contributed by atoms with Crippen molar-refractivity contribution in [3.8, 4) is 0 Å². The maximum atomic E-state index is 12.4. The van der Waals surface area contributed by atoms with Gasteiger partial charge in [0.25, 0.3) is 0 Å². The summed E-state index contributed by atoms with van der Waals surface area (Å²) in [5.74, 6) is -0.965. The molecule has 1 aliphatic heterocycles. The fourth-order valence-electron chi connectivity index (χ4n) is 3.11. The van der Waals surface area contributed by atoms with Gasteiger partial charge in [-0.1, -0.05) is 20.8 Å². The Morgan fingerprint density at radius 3 is 2.36 bits per heavy atom. The first-order chi connectivity index (χ1) is 10.3. The number of urea groups is 1. The normalized spacial score (nSPS) is 30.0. The number of ether oxygens (including phenoxy) is 1. The van der Waals surface area contributed by atoms with Crippen molar-refractivity contribution < 1.29 is 19.4 Å². The van der Waals surface area contributed by atoms with Gasteiger partial charge < -0.3 is 20.1 Å². The molecule has 0 aromatic rings. The summed E-state index contributed by atoms with van der Waals surface area (Å²) in [6.45, 7) is 8.15. The van der Waals surface area contributed by atoms with E-state index >= 15 is 0 Å². The predicted octanol–water partition coefficient (Wildman–Crippen LogP) is 2.09. The third kappa shape index (κ3) is 4.35. The number of nitrogens with one attached hydrogen (secondary N) is 1. The van der Waals surface area contributed by atoms with Crippen LogP contribution in [0.1, 0.15) is 46.5 Å². The summed E-state index contributed by atoms with van der Waals surface area (Å²) in [6, 6.07) is 0.0513. The summed E-state index contributed by atoms with van der Waals surface area (Å²) < 4.78 is 5.77. The molecule has 1 aliphatic carbocycles. The molecule has 1 saturated heterocycles. The van der Waals surface area contributed by atoms with Gasteiger partial charge in [0.15, 0.2) is 0 Å². The molecular formula is C16H28N2O4. The van der Waals surface area contributed by atoms with Crippen LogP contribution < -0.4 is 5.32 Å². The van der Waals surface area contributed by atoms with Crippen molar-refractivity contribution in [3.05, 3.63) is 0 Å². The van der Waals surface area contributed by atoms with Crippen LogP contribution in [-0.4, -0.2) is 53.8 Å². The van der Waals surface area contributed by atoms with Crippen LogP contribution in [-0.2, 0) is 9.53 Å². The highest BCUT2D eigenvalue weighted by Crippen LogP contribution is 2.26. The monoisotopic (exact) mass is 312 g/mol. The third-order valence-electron chi connectivity index (χ3n) is 4.72. The molecule has 2 aliphatic rings. The molecule has 1 atom stereocenters. The average molecular weight is 312 g/mol. The molecule has 2 N–H and O–H groups in total. The Labute approximate surface area is 132 Å². The van der Waals surface area contributed by atoms with Gasteiger partial charge in [-0.3, -0.25) is 4.79 Å². The van der Waals surface area contributed by atoms with Gasteiger partial charge in [0, 0.05) is 19.1 Å². The number of morpholine rings is 1. The van der Waals surface area contributed by atoms with Crippen LogP contribution in [0.3, 0.4) is 0 Å². The number of rotatable bonds is 2. The number of nitrogens with zero attached hydrogens (tertiary/aromatic N) is 1. The van der Waals surface area contributed by atoms with Crippen molar-refractivity contribution in [1.82, 2.24) is 10.2 Å². The molecule has 0 radical (unpaired) electrons. The minimum atomic E-state index is -0.717. The van der Waals surface area contributed by atoms with E-state index in [4.69, 9.17) is 9.84 Å². The maximum absolute atomic E-state index is 12.4. The lowest BCUT2D eigenvalue weighted by atomic mass is 9.86. The Bertz CT molecular complexity index is 411. The van der Waals surface area contributed by atoms with Gasteiger partial charge in [-0.15, -0.1) is 0 Å². The summed E-state index contributed by atoms with van der Waals surface area (Å²) >= 11 is 0. The summed E-state index contributed by atoms with van der Waals surface area (Å²) in [5.41, 5.74) is 0.0124. The topological polar surface area (TPSA) is 78.9 Å². The Morgan fingerprint density at radius 1 is 1.18 bits per heavy atom. The highest BCUT2D eigenvalue weighted by molar-refractivity contribution is 5.75. The zero-order valence-corrected chi connectivity index (χ0v) is 13.8. The van der Waals surface area contributed by atoms with Crippen LogP contribution >= 0.6 is 0 Å². The summed E-state index contributed by atoms with van der Waals surface area (Å²) in [7, 11) is 0. The smallest absolute Gasteiger partial charge is 0.317 e. The van der Waals surface area contributed by atoms with E-state index in [1.165, 1.54) is 0 Å². The quantitative estimate of drug-likeness (QED) is 0.818. The third-order valence-corrected chi connectivity index (χ3v) is 4.72. The molecule has 1 unspecified atom stereocenters. The number of aliphatic carboxylic acids is 1. The van der Waals surface area contributed by atoms with Crippen LogP contribution in [0.25, 0.3) is 0 Å². The van der Waals surface area contributed by atoms with E-state index in [9.17, 15) is 9.59 Å². The van der Waals surface area contributed by atoms with Crippen LogP contribution in [0.4, 0.5) is 4.79 Å². The molecule has 0 aromatic carbocycles. The fourth-order valence-corrected chi connectivity index (χ4v) is 3.11. The molecule has 6 nitrogen and oxygen atoms in total. The molecular weight excluding hydrogens is 284 g/mol. The number of amides is 2. The van der Waals surface area contributed by atoms with Crippen molar-refractivity contribution in [2.24, 2.45) is 11.3 Å². The number of hydrogen-bond donors (Lipinski definition) is 2. The molecule has 2 fully saturated rings. The Kier molecular flexibility index (Phi) is 5.32. The Hall–Kier alpha value is -1.30. The average Bonchev–Trinajstić information content (AvgIpc) is 2.47. The minimum absolute atomic E-state index is 0.0124. The standard InChI is InChI=1S/C16H28N2O4/c1-16(2,3)13-10-18(8-9-22-13)15(21)17-12-6-4-11(5-7-12)14(19)20/h11-13H,4-10H2,1-3H3,(H,17,21)(H,19,20). The second-order valence-corrected chi connectivity index (χ2v) is 7.51. The van der Waals surface area contributed by atoms with E-state index in [1.54, 1.807) is 0 Å². The van der Waals surface area contributed by atoms with Crippen molar-refractivity contribution >= 4 is 12.0 Å². The number of carbonyl (C=O) groups is 2. The molecule has 2 rings (SSSR count). The number of carbonyl (C=O) groups excluding carboxylic acids is 1. The summed E-state index contributed by atoms with van der Waals surface area (Å²) in [6.07, 6.45) is 2.84. The van der Waals surface area contributed by atoms with Crippen molar-refractivity contribution in [1.29, 1.82) is 0 Å². The SMILES string of the molecule is CC(C)(C)C1CN(C(=O)NC2CCC(C(=O)O)CC2)CCO1. The zero-order chi connectivity index (χ0) is 16.3.